The fourth-order valence-electron chi connectivity index (χ4n) is 2.51. The van der Waals surface area contributed by atoms with Crippen LogP contribution in [0.5, 0.6) is 0 Å². The van der Waals surface area contributed by atoms with Crippen LogP contribution >= 0.6 is 23.5 Å². The zero-order valence-electron chi connectivity index (χ0n) is 11.9. The number of pyridine rings is 1. The summed E-state index contributed by atoms with van der Waals surface area (Å²) in [6, 6.07) is 4.24. The van der Waals surface area contributed by atoms with E-state index in [1.54, 1.807) is 24.2 Å². The van der Waals surface area contributed by atoms with Crippen LogP contribution < -0.4 is 5.32 Å². The van der Waals surface area contributed by atoms with Gasteiger partial charge in [0.25, 0.3) is 0 Å². The first kappa shape index (κ1) is 15.7. The predicted molar refractivity (Wildman–Crippen MR) is 87.3 cm³/mol. The Morgan fingerprint density at radius 3 is 2.85 bits per heavy atom. The molecule has 3 nitrogen and oxygen atoms in total. The minimum atomic E-state index is 0.153. The largest absolute Gasteiger partial charge is 0.352 e. The number of aromatic nitrogens is 1. The van der Waals surface area contributed by atoms with Gasteiger partial charge in [-0.2, -0.15) is 11.8 Å². The molecule has 20 heavy (non-hydrogen) atoms. The molecule has 1 saturated carbocycles. The van der Waals surface area contributed by atoms with Crippen molar-refractivity contribution in [1.82, 2.24) is 10.3 Å². The van der Waals surface area contributed by atoms with E-state index in [9.17, 15) is 4.79 Å². The quantitative estimate of drug-likeness (QED) is 0.818. The molecule has 5 heteroatoms. The van der Waals surface area contributed by atoms with Crippen LogP contribution in [0, 0.1) is 0 Å². The third kappa shape index (κ3) is 5.02. The van der Waals surface area contributed by atoms with Crippen molar-refractivity contribution in [1.29, 1.82) is 0 Å². The second-order valence-corrected chi connectivity index (χ2v) is 7.49. The van der Waals surface area contributed by atoms with E-state index in [0.29, 0.717) is 17.0 Å². The van der Waals surface area contributed by atoms with Crippen LogP contribution in [-0.2, 0) is 4.79 Å². The summed E-state index contributed by atoms with van der Waals surface area (Å²) < 4.78 is 0. The van der Waals surface area contributed by atoms with Gasteiger partial charge in [0, 0.05) is 28.6 Å². The van der Waals surface area contributed by atoms with Crippen LogP contribution in [0.15, 0.2) is 29.4 Å². The molecule has 1 aliphatic carbocycles. The maximum absolute atomic E-state index is 12.1. The molecule has 1 fully saturated rings. The Balaban J connectivity index is 1.78. The summed E-state index contributed by atoms with van der Waals surface area (Å²) in [5, 5.41) is 3.83. The molecule has 1 amide bonds. The SMILES string of the molecule is CCS[C@@H]1CCCC[C@@H]1NC(=O)CSc1ccncc1. The number of nitrogens with zero attached hydrogens (tertiary/aromatic N) is 1. The monoisotopic (exact) mass is 310 g/mol. The Hall–Kier alpha value is -0.680. The van der Waals surface area contributed by atoms with Gasteiger partial charge in [-0.15, -0.1) is 11.8 Å². The number of hydrogen-bond donors (Lipinski definition) is 1. The number of rotatable bonds is 6. The van der Waals surface area contributed by atoms with Crippen LogP contribution in [0.3, 0.4) is 0 Å². The van der Waals surface area contributed by atoms with Crippen molar-refractivity contribution in [3.8, 4) is 0 Å². The van der Waals surface area contributed by atoms with Crippen molar-refractivity contribution in [3.63, 3.8) is 0 Å². The summed E-state index contributed by atoms with van der Waals surface area (Å²) >= 11 is 3.56. The Labute approximate surface area is 129 Å². The summed E-state index contributed by atoms with van der Waals surface area (Å²) in [7, 11) is 0. The lowest BCUT2D eigenvalue weighted by Gasteiger charge is -2.31. The van der Waals surface area contributed by atoms with Crippen molar-refractivity contribution >= 4 is 29.4 Å². The van der Waals surface area contributed by atoms with Crippen LogP contribution in [0.25, 0.3) is 0 Å². The first-order chi connectivity index (χ1) is 9.79. The molecule has 1 aliphatic rings. The van der Waals surface area contributed by atoms with Gasteiger partial charge in [-0.3, -0.25) is 9.78 Å². The predicted octanol–water partition coefficient (Wildman–Crippen LogP) is 3.35. The van der Waals surface area contributed by atoms with Gasteiger partial charge in [0.15, 0.2) is 0 Å². The van der Waals surface area contributed by atoms with E-state index in [1.165, 1.54) is 19.3 Å². The summed E-state index contributed by atoms with van der Waals surface area (Å²) in [4.78, 5) is 17.2. The zero-order chi connectivity index (χ0) is 14.2. The Morgan fingerprint density at radius 1 is 1.35 bits per heavy atom. The van der Waals surface area contributed by atoms with Crippen molar-refractivity contribution in [3.05, 3.63) is 24.5 Å². The van der Waals surface area contributed by atoms with Crippen LogP contribution in [0.4, 0.5) is 0 Å². The second-order valence-electron chi connectivity index (χ2n) is 4.92. The fourth-order valence-corrected chi connectivity index (χ4v) is 4.40. The second kappa shape index (κ2) is 8.57. The standard InChI is InChI=1S/C15H22N2OS2/c1-2-19-14-6-4-3-5-13(14)17-15(18)11-20-12-7-9-16-10-8-12/h7-10,13-14H,2-6,11H2,1H3,(H,17,18)/t13-,14+/m0/s1. The lowest BCUT2D eigenvalue weighted by atomic mass is 9.95. The minimum Gasteiger partial charge on any atom is -0.352 e. The molecule has 0 saturated heterocycles. The highest BCUT2D eigenvalue weighted by molar-refractivity contribution is 8.00. The van der Waals surface area contributed by atoms with E-state index in [4.69, 9.17) is 0 Å². The third-order valence-electron chi connectivity index (χ3n) is 3.45. The molecule has 1 heterocycles. The van der Waals surface area contributed by atoms with E-state index in [-0.39, 0.29) is 5.91 Å². The van der Waals surface area contributed by atoms with Gasteiger partial charge in [0.05, 0.1) is 5.75 Å². The molecule has 0 aliphatic heterocycles. The first-order valence-electron chi connectivity index (χ1n) is 7.23. The van der Waals surface area contributed by atoms with Crippen molar-refractivity contribution in [2.24, 2.45) is 0 Å². The summed E-state index contributed by atoms with van der Waals surface area (Å²) in [5.74, 6) is 1.77. The Kier molecular flexibility index (Phi) is 6.73. The Morgan fingerprint density at radius 2 is 2.10 bits per heavy atom. The lowest BCUT2D eigenvalue weighted by Crippen LogP contribution is -2.44. The molecule has 0 spiro atoms. The van der Waals surface area contributed by atoms with Gasteiger partial charge >= 0.3 is 0 Å². The first-order valence-corrected chi connectivity index (χ1v) is 9.27. The lowest BCUT2D eigenvalue weighted by molar-refractivity contribution is -0.119. The Bertz CT molecular complexity index is 412. The van der Waals surface area contributed by atoms with Gasteiger partial charge in [-0.1, -0.05) is 19.8 Å². The average Bonchev–Trinajstić information content (AvgIpc) is 2.49. The number of hydrogen-bond acceptors (Lipinski definition) is 4. The van der Waals surface area contributed by atoms with Gasteiger partial charge in [-0.05, 0) is 30.7 Å². The van der Waals surface area contributed by atoms with Crippen LogP contribution in [0.1, 0.15) is 32.6 Å². The maximum atomic E-state index is 12.1. The van der Waals surface area contributed by atoms with Crippen LogP contribution in [0.2, 0.25) is 0 Å². The third-order valence-corrected chi connectivity index (χ3v) is 5.79. The fraction of sp³-hybridized carbons (Fsp3) is 0.600. The molecule has 0 radical (unpaired) electrons. The molecular weight excluding hydrogens is 288 g/mol. The highest BCUT2D eigenvalue weighted by atomic mass is 32.2. The molecule has 1 aromatic heterocycles. The molecule has 0 aromatic carbocycles. The maximum Gasteiger partial charge on any atom is 0.230 e. The number of thioether (sulfide) groups is 2. The van der Waals surface area contributed by atoms with E-state index in [1.807, 2.05) is 23.9 Å². The van der Waals surface area contributed by atoms with Gasteiger partial charge in [-0.25, -0.2) is 0 Å². The molecular formula is C15H22N2OS2. The zero-order valence-corrected chi connectivity index (χ0v) is 13.5. The molecule has 2 rings (SSSR count). The smallest absolute Gasteiger partial charge is 0.230 e. The normalized spacial score (nSPS) is 22.4. The number of amides is 1. The van der Waals surface area contributed by atoms with Crippen molar-refractivity contribution < 1.29 is 4.79 Å². The topological polar surface area (TPSA) is 42.0 Å². The molecule has 110 valence electrons. The molecule has 2 atom stereocenters. The molecule has 0 bridgehead atoms. The highest BCUT2D eigenvalue weighted by Gasteiger charge is 2.26. The van der Waals surface area contributed by atoms with Gasteiger partial charge < -0.3 is 5.32 Å². The summed E-state index contributed by atoms with van der Waals surface area (Å²) in [6.07, 6.45) is 8.42. The molecule has 0 unspecified atom stereocenters. The van der Waals surface area contributed by atoms with Crippen molar-refractivity contribution in [2.75, 3.05) is 11.5 Å². The van der Waals surface area contributed by atoms with E-state index < -0.39 is 0 Å². The number of nitrogens with one attached hydrogen (secondary N) is 1. The van der Waals surface area contributed by atoms with Gasteiger partial charge in [0.1, 0.15) is 0 Å². The molecule has 1 N–H and O–H groups in total. The number of carbonyl (C=O) groups is 1. The van der Waals surface area contributed by atoms with E-state index in [2.05, 4.69) is 17.2 Å². The number of carbonyl (C=O) groups excluding carboxylic acids is 1. The highest BCUT2D eigenvalue weighted by Crippen LogP contribution is 2.28. The average molecular weight is 310 g/mol. The summed E-state index contributed by atoms with van der Waals surface area (Å²) in [5.41, 5.74) is 0. The van der Waals surface area contributed by atoms with E-state index >= 15 is 0 Å². The molecule has 1 aromatic rings. The summed E-state index contributed by atoms with van der Waals surface area (Å²) in [6.45, 7) is 2.19. The van der Waals surface area contributed by atoms with E-state index in [0.717, 1.165) is 17.1 Å². The van der Waals surface area contributed by atoms with Crippen molar-refractivity contribution in [2.45, 2.75) is 48.8 Å². The van der Waals surface area contributed by atoms with Gasteiger partial charge in [0.2, 0.25) is 5.91 Å². The minimum absolute atomic E-state index is 0.153. The van der Waals surface area contributed by atoms with Crippen LogP contribution in [-0.4, -0.2) is 33.7 Å².